The fourth-order valence-electron chi connectivity index (χ4n) is 5.56. The van der Waals surface area contributed by atoms with Gasteiger partial charge in [-0.25, -0.2) is 4.39 Å². The first kappa shape index (κ1) is 23.9. The first-order valence-corrected chi connectivity index (χ1v) is 12.6. The first-order valence-electron chi connectivity index (χ1n) is 12.6. The predicted octanol–water partition coefficient (Wildman–Crippen LogP) is 2.54. The second-order valence-corrected chi connectivity index (χ2v) is 9.59. The molecule has 0 aliphatic carbocycles. The van der Waals surface area contributed by atoms with Crippen molar-refractivity contribution in [1.29, 1.82) is 0 Å². The first-order chi connectivity index (χ1) is 17.1. The number of fused-ring (bicyclic) bond motifs is 3. The summed E-state index contributed by atoms with van der Waals surface area (Å²) >= 11 is 0. The molecule has 2 fully saturated rings. The highest BCUT2D eigenvalue weighted by molar-refractivity contribution is 5.82. The van der Waals surface area contributed by atoms with Crippen molar-refractivity contribution in [3.05, 3.63) is 53.8 Å². The maximum atomic E-state index is 13.5. The van der Waals surface area contributed by atoms with Gasteiger partial charge in [0.2, 0.25) is 5.91 Å². The molecule has 7 nitrogen and oxygen atoms in total. The van der Waals surface area contributed by atoms with Gasteiger partial charge in [-0.2, -0.15) is 0 Å². The number of hydrogen-bond donors (Lipinski definition) is 1. The summed E-state index contributed by atoms with van der Waals surface area (Å²) in [6.45, 7) is 7.49. The lowest BCUT2D eigenvalue weighted by molar-refractivity contribution is -0.125. The van der Waals surface area contributed by atoms with E-state index >= 15 is 0 Å². The van der Waals surface area contributed by atoms with Crippen molar-refractivity contribution in [2.45, 2.75) is 18.9 Å². The second-order valence-electron chi connectivity index (χ2n) is 9.59. The molecule has 188 valence electrons. The summed E-state index contributed by atoms with van der Waals surface area (Å²) < 4.78 is 24.4. The summed E-state index contributed by atoms with van der Waals surface area (Å²) in [6, 6.07) is 12.8. The molecule has 1 N–H and O–H groups in total. The van der Waals surface area contributed by atoms with Crippen LogP contribution in [0.1, 0.15) is 12.0 Å². The summed E-state index contributed by atoms with van der Waals surface area (Å²) in [6.07, 6.45) is 1.63. The minimum absolute atomic E-state index is 0.0349. The van der Waals surface area contributed by atoms with Crippen molar-refractivity contribution in [2.75, 3.05) is 75.9 Å². The molecule has 0 unspecified atom stereocenters. The number of morpholine rings is 1. The summed E-state index contributed by atoms with van der Waals surface area (Å²) in [5.41, 5.74) is 3.34. The Labute approximate surface area is 206 Å². The number of nitrogens with zero attached hydrogens (tertiary/aromatic N) is 3. The van der Waals surface area contributed by atoms with Crippen molar-refractivity contribution >= 4 is 17.3 Å². The molecule has 0 bridgehead atoms. The molecule has 0 spiro atoms. The molecule has 2 saturated heterocycles. The lowest BCUT2D eigenvalue weighted by Gasteiger charge is -2.49. The van der Waals surface area contributed by atoms with E-state index in [2.05, 4.69) is 32.1 Å². The molecule has 1 amide bonds. The van der Waals surface area contributed by atoms with E-state index in [-0.39, 0.29) is 23.7 Å². The maximum Gasteiger partial charge on any atom is 0.225 e. The lowest BCUT2D eigenvalue weighted by atomic mass is 9.83. The van der Waals surface area contributed by atoms with Crippen molar-refractivity contribution in [3.8, 4) is 5.75 Å². The summed E-state index contributed by atoms with van der Waals surface area (Å²) in [5, 5.41) is 3.22. The van der Waals surface area contributed by atoms with Gasteiger partial charge in [-0.05, 0) is 55.3 Å². The summed E-state index contributed by atoms with van der Waals surface area (Å²) in [5.74, 6) is 0.557. The highest BCUT2D eigenvalue weighted by Gasteiger charge is 2.41. The Bertz CT molecular complexity index is 1010. The number of halogens is 1. The maximum absolute atomic E-state index is 13.5. The van der Waals surface area contributed by atoms with Gasteiger partial charge in [0, 0.05) is 56.7 Å². The highest BCUT2D eigenvalue weighted by atomic mass is 19.1. The van der Waals surface area contributed by atoms with E-state index in [9.17, 15) is 9.18 Å². The van der Waals surface area contributed by atoms with Gasteiger partial charge < -0.3 is 24.6 Å². The van der Waals surface area contributed by atoms with Crippen molar-refractivity contribution in [1.82, 2.24) is 10.2 Å². The molecule has 2 atom stereocenters. The molecule has 3 heterocycles. The smallest absolute Gasteiger partial charge is 0.225 e. The molecule has 3 aliphatic rings. The van der Waals surface area contributed by atoms with Crippen LogP contribution in [-0.4, -0.2) is 83.0 Å². The lowest BCUT2D eigenvalue weighted by Crippen LogP contribution is -2.61. The fraction of sp³-hybridized carbons (Fsp3) is 0.519. The van der Waals surface area contributed by atoms with Crippen LogP contribution in [0.25, 0.3) is 0 Å². The van der Waals surface area contributed by atoms with Gasteiger partial charge in [0.1, 0.15) is 11.6 Å². The van der Waals surface area contributed by atoms with Crippen molar-refractivity contribution in [2.24, 2.45) is 5.92 Å². The van der Waals surface area contributed by atoms with Gasteiger partial charge in [0.25, 0.3) is 0 Å². The van der Waals surface area contributed by atoms with Gasteiger partial charge in [-0.15, -0.1) is 0 Å². The Hall–Kier alpha value is -2.84. The number of carbonyl (C=O) groups excluding carboxylic acids is 1. The van der Waals surface area contributed by atoms with Crippen LogP contribution >= 0.6 is 0 Å². The number of rotatable bonds is 7. The van der Waals surface area contributed by atoms with Crippen molar-refractivity contribution < 1.29 is 18.7 Å². The number of amides is 1. The summed E-state index contributed by atoms with van der Waals surface area (Å²) in [7, 11) is 1.68. The standard InChI is InChI=1S/C27H35FN4O3/c1-34-23-8-3-20-17-24(27(33)29-9-2-10-30-13-15-35-16-14-30)26-19-31(11-12-32(26)25(20)18-23)22-6-4-21(28)5-7-22/h3-8,18,24,26H,2,9-17,19H2,1H3,(H,29,33)/t24-,26-/m0/s1. The number of ether oxygens (including phenoxy) is 2. The molecule has 5 rings (SSSR count). The molecular formula is C27H35FN4O3. The predicted molar refractivity (Wildman–Crippen MR) is 135 cm³/mol. The molecule has 2 aromatic rings. The fourth-order valence-corrected chi connectivity index (χ4v) is 5.56. The second kappa shape index (κ2) is 10.8. The Balaban J connectivity index is 1.30. The minimum Gasteiger partial charge on any atom is -0.497 e. The normalized spacial score (nSPS) is 22.3. The van der Waals surface area contributed by atoms with E-state index in [0.29, 0.717) is 19.5 Å². The van der Waals surface area contributed by atoms with Crippen LogP contribution in [0.2, 0.25) is 0 Å². The number of hydrogen-bond acceptors (Lipinski definition) is 6. The Morgan fingerprint density at radius 3 is 2.69 bits per heavy atom. The largest absolute Gasteiger partial charge is 0.497 e. The average molecular weight is 483 g/mol. The minimum atomic E-state index is -0.236. The van der Waals surface area contributed by atoms with Gasteiger partial charge in [-0.1, -0.05) is 6.07 Å². The Morgan fingerprint density at radius 1 is 1.11 bits per heavy atom. The number of piperazine rings is 1. The van der Waals surface area contributed by atoms with Crippen molar-refractivity contribution in [3.63, 3.8) is 0 Å². The third kappa shape index (κ3) is 5.38. The number of methoxy groups -OCH3 is 1. The number of nitrogens with one attached hydrogen (secondary N) is 1. The molecule has 3 aliphatic heterocycles. The van der Waals surface area contributed by atoms with Gasteiger partial charge in [0.05, 0.1) is 32.3 Å². The van der Waals surface area contributed by atoms with Gasteiger partial charge >= 0.3 is 0 Å². The highest BCUT2D eigenvalue weighted by Crippen LogP contribution is 2.39. The zero-order valence-electron chi connectivity index (χ0n) is 20.4. The van der Waals surface area contributed by atoms with Gasteiger partial charge in [0.15, 0.2) is 0 Å². The van der Waals surface area contributed by atoms with Crippen LogP contribution in [0.5, 0.6) is 5.75 Å². The van der Waals surface area contributed by atoms with E-state index in [1.165, 1.54) is 17.7 Å². The molecule has 35 heavy (non-hydrogen) atoms. The van der Waals surface area contributed by atoms with E-state index in [4.69, 9.17) is 9.47 Å². The SMILES string of the molecule is COc1ccc2c(c1)N1CCN(c3ccc(F)cc3)C[C@H]1[C@@H](C(=O)NCCCN1CCOCC1)C2. The number of benzene rings is 2. The van der Waals surface area contributed by atoms with E-state index < -0.39 is 0 Å². The third-order valence-electron chi connectivity index (χ3n) is 7.51. The third-order valence-corrected chi connectivity index (χ3v) is 7.51. The van der Waals surface area contributed by atoms with E-state index in [1.54, 1.807) is 7.11 Å². The summed E-state index contributed by atoms with van der Waals surface area (Å²) in [4.78, 5) is 20.5. The molecule has 8 heteroatoms. The molecular weight excluding hydrogens is 447 g/mol. The van der Waals surface area contributed by atoms with E-state index in [0.717, 1.165) is 69.5 Å². The Morgan fingerprint density at radius 2 is 1.91 bits per heavy atom. The molecule has 0 saturated carbocycles. The van der Waals surface area contributed by atoms with Crippen LogP contribution < -0.4 is 19.9 Å². The average Bonchev–Trinajstić information content (AvgIpc) is 2.91. The number of carbonyl (C=O) groups is 1. The van der Waals surface area contributed by atoms with Crippen LogP contribution in [0.4, 0.5) is 15.8 Å². The van der Waals surface area contributed by atoms with Crippen LogP contribution in [0, 0.1) is 11.7 Å². The Kier molecular flexibility index (Phi) is 7.39. The zero-order chi connectivity index (χ0) is 24.2. The zero-order valence-corrected chi connectivity index (χ0v) is 20.4. The van der Waals surface area contributed by atoms with Gasteiger partial charge in [-0.3, -0.25) is 9.69 Å². The van der Waals surface area contributed by atoms with Crippen LogP contribution in [0.3, 0.4) is 0 Å². The van der Waals surface area contributed by atoms with E-state index in [1.807, 2.05) is 18.2 Å². The topological polar surface area (TPSA) is 57.3 Å². The molecule has 0 radical (unpaired) electrons. The molecule has 2 aromatic carbocycles. The quantitative estimate of drug-likeness (QED) is 0.613. The number of anilines is 2. The monoisotopic (exact) mass is 482 g/mol. The molecule has 0 aromatic heterocycles. The van der Waals surface area contributed by atoms with Crippen LogP contribution in [0.15, 0.2) is 42.5 Å². The van der Waals surface area contributed by atoms with Crippen LogP contribution in [-0.2, 0) is 16.0 Å².